The molecule has 2 atom stereocenters. The maximum atomic E-state index is 12.0. The second-order valence-corrected chi connectivity index (χ2v) is 10.0. The van der Waals surface area contributed by atoms with Gasteiger partial charge in [0.15, 0.2) is 15.2 Å². The van der Waals surface area contributed by atoms with Crippen LogP contribution in [0.5, 0.6) is 0 Å². The molecule has 1 aromatic carbocycles. The minimum Gasteiger partial charge on any atom is -0.366 e. The molecular formula is C16H24N4O6S2. The number of carbonyl (C=O) groups is 1. The Bertz CT molecular complexity index is 930. The molecule has 28 heavy (non-hydrogen) atoms. The summed E-state index contributed by atoms with van der Waals surface area (Å²) in [4.78, 5) is 14.2. The summed E-state index contributed by atoms with van der Waals surface area (Å²) in [6.45, 7) is 3.94. The lowest BCUT2D eigenvalue weighted by Crippen LogP contribution is -2.66. The van der Waals surface area contributed by atoms with E-state index >= 15 is 0 Å². The van der Waals surface area contributed by atoms with Crippen LogP contribution in [-0.2, 0) is 20.0 Å². The lowest BCUT2D eigenvalue weighted by molar-refractivity contribution is 0.1000. The summed E-state index contributed by atoms with van der Waals surface area (Å²) in [5.74, 6) is -0.774. The number of amides is 1. The number of nitrogens with zero attached hydrogens (tertiary/aromatic N) is 2. The topological polar surface area (TPSA) is 164 Å². The lowest BCUT2D eigenvalue weighted by Gasteiger charge is -2.45. The van der Waals surface area contributed by atoms with Gasteiger partial charge in [-0.2, -0.15) is 8.42 Å². The molecule has 0 aliphatic carbocycles. The molecule has 1 fully saturated rings. The van der Waals surface area contributed by atoms with Crippen LogP contribution in [0.15, 0.2) is 36.3 Å². The number of primary amides is 1. The smallest absolute Gasteiger partial charge is 0.284 e. The Labute approximate surface area is 164 Å². The molecule has 1 aliphatic heterocycles. The zero-order valence-corrected chi connectivity index (χ0v) is 16.8. The second kappa shape index (κ2) is 8.57. The third kappa shape index (κ3) is 5.29. The van der Waals surface area contributed by atoms with Crippen molar-refractivity contribution in [3.05, 3.63) is 41.8 Å². The minimum atomic E-state index is -4.54. The van der Waals surface area contributed by atoms with Crippen molar-refractivity contribution in [3.63, 3.8) is 0 Å². The van der Waals surface area contributed by atoms with Crippen molar-refractivity contribution in [1.82, 2.24) is 4.90 Å². The molecule has 0 saturated carbocycles. The van der Waals surface area contributed by atoms with Gasteiger partial charge in [0, 0.05) is 36.3 Å². The molecule has 0 radical (unpaired) electrons. The van der Waals surface area contributed by atoms with Gasteiger partial charge in [-0.25, -0.2) is 8.42 Å². The molecule has 12 heteroatoms. The summed E-state index contributed by atoms with van der Waals surface area (Å²) in [5, 5.41) is -0.573. The van der Waals surface area contributed by atoms with E-state index in [0.717, 1.165) is 5.41 Å². The fraction of sp³-hybridized carbons (Fsp3) is 0.438. The molecule has 1 aromatic rings. The summed E-state index contributed by atoms with van der Waals surface area (Å²) >= 11 is 0. The van der Waals surface area contributed by atoms with Gasteiger partial charge in [0.1, 0.15) is 6.17 Å². The molecule has 5 N–H and O–H groups in total. The van der Waals surface area contributed by atoms with Crippen molar-refractivity contribution in [1.29, 1.82) is 0 Å². The molecule has 0 spiro atoms. The van der Waals surface area contributed by atoms with Gasteiger partial charge >= 0.3 is 0 Å². The highest BCUT2D eigenvalue weighted by atomic mass is 32.2. The average molecular weight is 433 g/mol. The summed E-state index contributed by atoms with van der Waals surface area (Å²) in [6, 6.07) is 6.18. The average Bonchev–Trinajstić information content (AvgIpc) is 2.60. The third-order valence-electron chi connectivity index (χ3n) is 4.56. The molecular weight excluding hydrogens is 408 g/mol. The first-order chi connectivity index (χ1) is 13.0. The van der Waals surface area contributed by atoms with E-state index in [1.54, 1.807) is 17.0 Å². The zero-order chi connectivity index (χ0) is 21.1. The lowest BCUT2D eigenvalue weighted by atomic mass is 10.1. The number of nitrogens with two attached hydrogens (primary N) is 2. The van der Waals surface area contributed by atoms with E-state index in [1.165, 1.54) is 17.0 Å². The Balaban J connectivity index is 2.19. The van der Waals surface area contributed by atoms with Gasteiger partial charge in [0.05, 0.1) is 5.75 Å². The predicted octanol–water partition coefficient (Wildman–Crippen LogP) is -0.645. The highest BCUT2D eigenvalue weighted by Crippen LogP contribution is 2.25. The van der Waals surface area contributed by atoms with Gasteiger partial charge in [0.2, 0.25) is 5.91 Å². The highest BCUT2D eigenvalue weighted by molar-refractivity contribution is 7.94. The Kier molecular flexibility index (Phi) is 6.83. The summed E-state index contributed by atoms with van der Waals surface area (Å²) in [6.07, 6.45) is -0.931. The molecule has 1 saturated heterocycles. The van der Waals surface area contributed by atoms with E-state index in [-0.39, 0.29) is 25.3 Å². The SMILES string of the molecule is C=CS(=O)(=O)CCCN1CCN(c2ccc(C(N)=O)cc2)C(N)C1S(=O)(=O)O. The fourth-order valence-corrected chi connectivity index (χ4v) is 4.94. The molecule has 1 amide bonds. The number of carbonyl (C=O) groups excluding carboxylic acids is 1. The summed E-state index contributed by atoms with van der Waals surface area (Å²) < 4.78 is 56.7. The van der Waals surface area contributed by atoms with Gasteiger partial charge in [-0.15, -0.1) is 0 Å². The monoisotopic (exact) mass is 432 g/mol. The van der Waals surface area contributed by atoms with Crippen LogP contribution < -0.4 is 16.4 Å². The van der Waals surface area contributed by atoms with E-state index in [9.17, 15) is 26.2 Å². The third-order valence-corrected chi connectivity index (χ3v) is 7.11. The normalized spacial score (nSPS) is 21.4. The van der Waals surface area contributed by atoms with Crippen LogP contribution in [0, 0.1) is 0 Å². The molecule has 0 bridgehead atoms. The predicted molar refractivity (Wildman–Crippen MR) is 106 cm³/mol. The van der Waals surface area contributed by atoms with Gasteiger partial charge in [-0.05, 0) is 30.7 Å². The van der Waals surface area contributed by atoms with Crippen molar-refractivity contribution < 1.29 is 26.2 Å². The van der Waals surface area contributed by atoms with Crippen molar-refractivity contribution in [2.24, 2.45) is 11.5 Å². The maximum absolute atomic E-state index is 12.0. The van der Waals surface area contributed by atoms with Gasteiger partial charge in [-0.1, -0.05) is 6.58 Å². The van der Waals surface area contributed by atoms with Crippen LogP contribution in [0.4, 0.5) is 5.69 Å². The molecule has 156 valence electrons. The van der Waals surface area contributed by atoms with E-state index in [0.29, 0.717) is 17.8 Å². The minimum absolute atomic E-state index is 0.125. The number of piperazine rings is 1. The van der Waals surface area contributed by atoms with Crippen LogP contribution in [0.3, 0.4) is 0 Å². The van der Waals surface area contributed by atoms with Crippen LogP contribution >= 0.6 is 0 Å². The molecule has 1 aliphatic rings. The first-order valence-electron chi connectivity index (χ1n) is 8.44. The van der Waals surface area contributed by atoms with Crippen LogP contribution in [0.1, 0.15) is 16.8 Å². The molecule has 0 aromatic heterocycles. The first kappa shape index (κ1) is 22.3. The standard InChI is InChI=1S/C16H24N4O6S2/c1-2-27(22,23)11-3-8-19-9-10-20(14(17)16(19)28(24,25)26)13-6-4-12(5-7-13)15(18)21/h2,4-7,14,16H,1,3,8-11,17H2,(H2,18,21)(H,24,25,26). The first-order valence-corrected chi connectivity index (χ1v) is 11.7. The van der Waals surface area contributed by atoms with E-state index in [2.05, 4.69) is 6.58 Å². The summed E-state index contributed by atoms with van der Waals surface area (Å²) in [5.41, 5.74) is 12.2. The quantitative estimate of drug-likeness (QED) is 0.453. The highest BCUT2D eigenvalue weighted by Gasteiger charge is 2.42. The molecule has 10 nitrogen and oxygen atoms in total. The van der Waals surface area contributed by atoms with E-state index < -0.39 is 37.4 Å². The molecule has 2 unspecified atom stereocenters. The van der Waals surface area contributed by atoms with Gasteiger partial charge in [0.25, 0.3) is 10.1 Å². The Morgan fingerprint density at radius 3 is 2.32 bits per heavy atom. The van der Waals surface area contributed by atoms with Gasteiger partial charge in [-0.3, -0.25) is 14.2 Å². The van der Waals surface area contributed by atoms with Crippen LogP contribution in [0.25, 0.3) is 0 Å². The molecule has 1 heterocycles. The number of hydrogen-bond donors (Lipinski definition) is 3. The number of sulfone groups is 1. The Hall–Kier alpha value is -1.99. The zero-order valence-electron chi connectivity index (χ0n) is 15.1. The van der Waals surface area contributed by atoms with E-state index in [1.807, 2.05) is 0 Å². The largest absolute Gasteiger partial charge is 0.366 e. The van der Waals surface area contributed by atoms with E-state index in [4.69, 9.17) is 11.5 Å². The second-order valence-electron chi connectivity index (χ2n) is 6.42. The Morgan fingerprint density at radius 1 is 1.21 bits per heavy atom. The summed E-state index contributed by atoms with van der Waals surface area (Å²) in [7, 11) is -7.95. The molecule has 2 rings (SSSR count). The van der Waals surface area contributed by atoms with Crippen molar-refractivity contribution in [2.45, 2.75) is 18.0 Å². The van der Waals surface area contributed by atoms with Crippen LogP contribution in [-0.4, -0.2) is 69.1 Å². The van der Waals surface area contributed by atoms with Crippen molar-refractivity contribution >= 4 is 31.5 Å². The number of hydrogen-bond acceptors (Lipinski definition) is 8. The van der Waals surface area contributed by atoms with Crippen molar-refractivity contribution in [2.75, 3.05) is 30.3 Å². The number of rotatable bonds is 8. The maximum Gasteiger partial charge on any atom is 0.284 e. The number of anilines is 1. The van der Waals surface area contributed by atoms with Crippen LogP contribution in [0.2, 0.25) is 0 Å². The number of benzene rings is 1. The Morgan fingerprint density at radius 2 is 1.82 bits per heavy atom. The fourth-order valence-electron chi connectivity index (χ4n) is 3.16. The van der Waals surface area contributed by atoms with Crippen molar-refractivity contribution in [3.8, 4) is 0 Å². The van der Waals surface area contributed by atoms with Gasteiger partial charge < -0.3 is 16.4 Å².